The average Bonchev–Trinajstić information content (AvgIpc) is 2.94. The van der Waals surface area contributed by atoms with Crippen LogP contribution < -0.4 is 0 Å². The normalized spacial score (nSPS) is 61.6. The quantitative estimate of drug-likeness (QED) is 0.652. The highest BCUT2D eigenvalue weighted by Crippen LogP contribution is 2.75. The predicted octanol–water partition coefficient (Wildman–Crippen LogP) is 4.51. The number of rotatable bonds is 1. The van der Waals surface area contributed by atoms with Gasteiger partial charge in [-0.25, -0.2) is 0 Å². The minimum absolute atomic E-state index is 0.0596. The van der Waals surface area contributed by atoms with Gasteiger partial charge >= 0.3 is 0 Å². The average molecular weight is 385 g/mol. The molecule has 2 bridgehead atoms. The fourth-order valence-electron chi connectivity index (χ4n) is 7.91. The molecule has 0 aliphatic heterocycles. The molecule has 4 aliphatic carbocycles. The van der Waals surface area contributed by atoms with Crippen LogP contribution in [0.1, 0.15) is 72.6 Å². The number of hydrogen-bond donors (Lipinski definition) is 2. The zero-order chi connectivity index (χ0) is 16.8. The first-order valence-electron chi connectivity index (χ1n) is 9.66. The van der Waals surface area contributed by atoms with Gasteiger partial charge in [0.2, 0.25) is 0 Å². The van der Waals surface area contributed by atoms with Crippen LogP contribution >= 0.6 is 15.9 Å². The van der Waals surface area contributed by atoms with E-state index in [2.05, 4.69) is 43.6 Å². The van der Waals surface area contributed by atoms with E-state index in [1.165, 1.54) is 12.8 Å². The van der Waals surface area contributed by atoms with E-state index >= 15 is 0 Å². The second-order valence-corrected chi connectivity index (χ2v) is 11.3. The molecule has 4 aliphatic rings. The SMILES string of the molecule is CC(C)[C@]1(O)C[C@@H]2C[C@H]3[C@H]4[C@](C)(CC[C@@]31C2)[C@@H](Br)CC[C@@]4(C)O. The van der Waals surface area contributed by atoms with E-state index in [1.54, 1.807) is 0 Å². The lowest BCUT2D eigenvalue weighted by molar-refractivity contribution is -0.225. The number of fused-ring (bicyclic) bond motifs is 3. The maximum Gasteiger partial charge on any atom is 0.0731 e. The van der Waals surface area contributed by atoms with Gasteiger partial charge in [0.15, 0.2) is 0 Å². The minimum atomic E-state index is -0.584. The molecule has 0 unspecified atom stereocenters. The lowest BCUT2D eigenvalue weighted by Crippen LogP contribution is -2.66. The Labute approximate surface area is 149 Å². The van der Waals surface area contributed by atoms with Gasteiger partial charge in [0.05, 0.1) is 11.2 Å². The molecule has 0 aromatic heterocycles. The van der Waals surface area contributed by atoms with Crippen molar-refractivity contribution in [3.05, 3.63) is 0 Å². The molecule has 23 heavy (non-hydrogen) atoms. The van der Waals surface area contributed by atoms with Gasteiger partial charge in [-0.1, -0.05) is 36.7 Å². The van der Waals surface area contributed by atoms with Crippen molar-refractivity contribution in [2.75, 3.05) is 0 Å². The van der Waals surface area contributed by atoms with Gasteiger partial charge in [-0.3, -0.25) is 0 Å². The summed E-state index contributed by atoms with van der Waals surface area (Å²) in [5.74, 6) is 1.79. The highest BCUT2D eigenvalue weighted by Gasteiger charge is 2.73. The molecule has 4 saturated carbocycles. The van der Waals surface area contributed by atoms with Crippen molar-refractivity contribution in [2.45, 2.75) is 88.7 Å². The Balaban J connectivity index is 1.81. The third-order valence-corrected chi connectivity index (χ3v) is 10.4. The first-order chi connectivity index (χ1) is 10.6. The summed E-state index contributed by atoms with van der Waals surface area (Å²) in [5, 5.41) is 23.0. The van der Waals surface area contributed by atoms with Crippen molar-refractivity contribution in [2.24, 2.45) is 34.5 Å². The fraction of sp³-hybridized carbons (Fsp3) is 1.00. The molecule has 0 amide bonds. The summed E-state index contributed by atoms with van der Waals surface area (Å²) in [6.45, 7) is 8.88. The molecule has 2 nitrogen and oxygen atoms in total. The highest BCUT2D eigenvalue weighted by molar-refractivity contribution is 9.09. The third-order valence-electron chi connectivity index (χ3n) is 8.88. The Morgan fingerprint density at radius 3 is 2.39 bits per heavy atom. The second-order valence-electron chi connectivity index (χ2n) is 10.2. The van der Waals surface area contributed by atoms with Gasteiger partial charge in [-0.15, -0.1) is 0 Å². The van der Waals surface area contributed by atoms with Crippen molar-refractivity contribution >= 4 is 15.9 Å². The molecular formula is C20H33BrO2. The molecule has 0 aromatic carbocycles. The molecule has 0 saturated heterocycles. The number of hydrogen-bond acceptors (Lipinski definition) is 2. The van der Waals surface area contributed by atoms with Crippen LogP contribution in [0.3, 0.4) is 0 Å². The summed E-state index contributed by atoms with van der Waals surface area (Å²) < 4.78 is 0. The van der Waals surface area contributed by atoms with Gasteiger partial charge in [0.1, 0.15) is 0 Å². The molecule has 0 heterocycles. The van der Waals surface area contributed by atoms with Gasteiger partial charge in [0.25, 0.3) is 0 Å². The van der Waals surface area contributed by atoms with E-state index < -0.39 is 11.2 Å². The summed E-state index contributed by atoms with van der Waals surface area (Å²) >= 11 is 3.97. The van der Waals surface area contributed by atoms with Crippen molar-refractivity contribution in [3.8, 4) is 0 Å². The van der Waals surface area contributed by atoms with E-state index in [0.29, 0.717) is 28.5 Å². The monoisotopic (exact) mass is 384 g/mol. The van der Waals surface area contributed by atoms with Gasteiger partial charge in [-0.05, 0) is 81.0 Å². The number of aliphatic hydroxyl groups is 2. The van der Waals surface area contributed by atoms with Crippen molar-refractivity contribution in [1.82, 2.24) is 0 Å². The van der Waals surface area contributed by atoms with E-state index in [9.17, 15) is 10.2 Å². The smallest absolute Gasteiger partial charge is 0.0731 e. The molecule has 1 spiro atoms. The summed E-state index contributed by atoms with van der Waals surface area (Å²) in [6, 6.07) is 0. The molecule has 2 N–H and O–H groups in total. The lowest BCUT2D eigenvalue weighted by atomic mass is 9.42. The molecular weight excluding hydrogens is 352 g/mol. The van der Waals surface area contributed by atoms with E-state index in [4.69, 9.17) is 0 Å². The zero-order valence-electron chi connectivity index (χ0n) is 15.1. The van der Waals surface area contributed by atoms with Crippen LogP contribution in [0.4, 0.5) is 0 Å². The van der Waals surface area contributed by atoms with Crippen molar-refractivity contribution < 1.29 is 10.2 Å². The van der Waals surface area contributed by atoms with Gasteiger partial charge in [-0.2, -0.15) is 0 Å². The van der Waals surface area contributed by atoms with E-state index in [0.717, 1.165) is 32.1 Å². The molecule has 132 valence electrons. The third kappa shape index (κ3) is 1.88. The van der Waals surface area contributed by atoms with Crippen LogP contribution in [-0.4, -0.2) is 26.2 Å². The summed E-state index contributed by atoms with van der Waals surface area (Å²) in [5.41, 5.74) is -0.874. The topological polar surface area (TPSA) is 40.5 Å². The maximum absolute atomic E-state index is 11.7. The standard InChI is InChI=1S/C20H33BrO2/c1-12(2)20(23)11-13-9-14-16-17(3,7-8-19(14,20)10-13)15(21)5-6-18(16,4)22/h12-16,22-23H,5-11H2,1-4H3/t13-,14+,15+,16+,17-,18-,19-,20-/m1/s1. The Hall–Kier alpha value is 0.400. The van der Waals surface area contributed by atoms with Gasteiger partial charge in [0, 0.05) is 10.2 Å². The van der Waals surface area contributed by atoms with Crippen LogP contribution in [0.25, 0.3) is 0 Å². The molecule has 0 radical (unpaired) electrons. The van der Waals surface area contributed by atoms with Crippen LogP contribution in [-0.2, 0) is 0 Å². The van der Waals surface area contributed by atoms with Crippen LogP contribution in [0.15, 0.2) is 0 Å². The Kier molecular flexibility index (Phi) is 3.49. The van der Waals surface area contributed by atoms with E-state index in [-0.39, 0.29) is 10.8 Å². The Bertz CT molecular complexity index is 518. The molecule has 3 heteroatoms. The van der Waals surface area contributed by atoms with Crippen molar-refractivity contribution in [3.63, 3.8) is 0 Å². The fourth-order valence-corrected chi connectivity index (χ4v) is 8.65. The predicted molar refractivity (Wildman–Crippen MR) is 96.5 cm³/mol. The summed E-state index contributed by atoms with van der Waals surface area (Å²) in [7, 11) is 0. The van der Waals surface area contributed by atoms with Crippen LogP contribution in [0.5, 0.6) is 0 Å². The van der Waals surface area contributed by atoms with Crippen molar-refractivity contribution in [1.29, 1.82) is 0 Å². The maximum atomic E-state index is 11.7. The zero-order valence-corrected chi connectivity index (χ0v) is 16.7. The Morgan fingerprint density at radius 2 is 1.74 bits per heavy atom. The van der Waals surface area contributed by atoms with Crippen LogP contribution in [0, 0.1) is 34.5 Å². The number of halogens is 1. The highest BCUT2D eigenvalue weighted by atomic mass is 79.9. The first kappa shape index (κ1) is 16.8. The van der Waals surface area contributed by atoms with Gasteiger partial charge < -0.3 is 10.2 Å². The molecule has 8 atom stereocenters. The molecule has 4 fully saturated rings. The van der Waals surface area contributed by atoms with E-state index in [1.807, 2.05) is 0 Å². The summed E-state index contributed by atoms with van der Waals surface area (Å²) in [4.78, 5) is 0.504. The minimum Gasteiger partial charge on any atom is -0.390 e. The number of alkyl halides is 1. The Morgan fingerprint density at radius 1 is 1.04 bits per heavy atom. The lowest BCUT2D eigenvalue weighted by Gasteiger charge is -2.65. The van der Waals surface area contributed by atoms with Crippen LogP contribution in [0.2, 0.25) is 0 Å². The molecule has 0 aromatic rings. The first-order valence-corrected chi connectivity index (χ1v) is 10.6. The largest absolute Gasteiger partial charge is 0.390 e. The molecule has 4 rings (SSSR count). The second kappa shape index (κ2) is 4.76. The summed E-state index contributed by atoms with van der Waals surface area (Å²) in [6.07, 6.45) is 7.66.